The van der Waals surface area contributed by atoms with Gasteiger partial charge in [-0.1, -0.05) is 91.0 Å². The first-order valence-corrected chi connectivity index (χ1v) is 9.53. The van der Waals surface area contributed by atoms with Gasteiger partial charge in [0, 0.05) is 11.6 Å². The predicted molar refractivity (Wildman–Crippen MR) is 120 cm³/mol. The Morgan fingerprint density at radius 1 is 0.893 bits per heavy atom. The third-order valence-corrected chi connectivity index (χ3v) is 5.15. The smallest absolute Gasteiger partial charge is 0.0743 e. The number of benzene rings is 3. The lowest BCUT2D eigenvalue weighted by Gasteiger charge is -2.15. The first kappa shape index (κ1) is 17.9. The van der Waals surface area contributed by atoms with Crippen molar-refractivity contribution in [3.63, 3.8) is 0 Å². The molecule has 0 fully saturated rings. The van der Waals surface area contributed by atoms with E-state index in [2.05, 4.69) is 93.2 Å². The highest BCUT2D eigenvalue weighted by Gasteiger charge is 2.13. The van der Waals surface area contributed by atoms with Crippen LogP contribution in [0.2, 0.25) is 0 Å². The Hall–Kier alpha value is -3.45. The van der Waals surface area contributed by atoms with Crippen LogP contribution in [-0.2, 0) is 0 Å². The summed E-state index contributed by atoms with van der Waals surface area (Å²) in [5, 5.41) is 1.18. The van der Waals surface area contributed by atoms with Crippen LogP contribution in [0.1, 0.15) is 22.3 Å². The molecule has 0 aliphatic carbocycles. The number of hydrogen-bond donors (Lipinski definition) is 0. The predicted octanol–water partition coefficient (Wildman–Crippen LogP) is 7.14. The average Bonchev–Trinajstić information content (AvgIpc) is 2.73. The molecular formula is C27H23N. The number of aryl methyl sites for hydroxylation is 2. The fourth-order valence-electron chi connectivity index (χ4n) is 3.79. The number of pyridine rings is 1. The van der Waals surface area contributed by atoms with E-state index in [1.54, 1.807) is 0 Å². The van der Waals surface area contributed by atoms with Gasteiger partial charge in [-0.15, -0.1) is 0 Å². The molecule has 0 spiro atoms. The van der Waals surface area contributed by atoms with E-state index in [1.165, 1.54) is 44.3 Å². The van der Waals surface area contributed by atoms with Crippen LogP contribution in [0.15, 0.2) is 97.7 Å². The van der Waals surface area contributed by atoms with Crippen molar-refractivity contribution in [1.82, 2.24) is 4.98 Å². The van der Waals surface area contributed by atoms with Gasteiger partial charge >= 0.3 is 0 Å². The van der Waals surface area contributed by atoms with Crippen molar-refractivity contribution in [2.45, 2.75) is 13.8 Å². The molecule has 1 heteroatoms. The fourth-order valence-corrected chi connectivity index (χ4v) is 3.79. The van der Waals surface area contributed by atoms with Crippen LogP contribution in [0.3, 0.4) is 0 Å². The van der Waals surface area contributed by atoms with Crippen LogP contribution in [0, 0.1) is 13.8 Å². The van der Waals surface area contributed by atoms with E-state index in [-0.39, 0.29) is 0 Å². The monoisotopic (exact) mass is 361 g/mol. The number of hydrogen-bond acceptors (Lipinski definition) is 1. The van der Waals surface area contributed by atoms with E-state index < -0.39 is 0 Å². The van der Waals surface area contributed by atoms with Gasteiger partial charge in [-0.25, -0.2) is 0 Å². The Kier molecular flexibility index (Phi) is 4.90. The van der Waals surface area contributed by atoms with Crippen LogP contribution < -0.4 is 0 Å². The zero-order valence-corrected chi connectivity index (χ0v) is 16.3. The highest BCUT2D eigenvalue weighted by molar-refractivity contribution is 5.99. The van der Waals surface area contributed by atoms with Gasteiger partial charge in [-0.3, -0.25) is 4.98 Å². The summed E-state index contributed by atoms with van der Waals surface area (Å²) in [5.41, 5.74) is 9.46. The maximum absolute atomic E-state index is 4.73. The van der Waals surface area contributed by atoms with Gasteiger partial charge in [0.05, 0.1) is 5.52 Å². The Labute approximate surface area is 166 Å². The molecule has 1 nitrogen and oxygen atoms in total. The minimum absolute atomic E-state index is 1.04. The highest BCUT2D eigenvalue weighted by atomic mass is 14.7. The molecule has 0 saturated carbocycles. The van der Waals surface area contributed by atoms with Crippen molar-refractivity contribution in [1.29, 1.82) is 0 Å². The van der Waals surface area contributed by atoms with Crippen molar-refractivity contribution in [2.75, 3.05) is 0 Å². The van der Waals surface area contributed by atoms with Gasteiger partial charge in [0.15, 0.2) is 0 Å². The zero-order chi connectivity index (χ0) is 19.5. The molecule has 0 unspecified atom stereocenters. The summed E-state index contributed by atoms with van der Waals surface area (Å²) in [7, 11) is 0. The SMILES string of the molecule is C=C/C=C(/c1cccc(C)c1)c1ccc2c(-c3ccccc3)ccnc2c1C. The lowest BCUT2D eigenvalue weighted by atomic mass is 9.90. The maximum Gasteiger partial charge on any atom is 0.0743 e. The summed E-state index contributed by atoms with van der Waals surface area (Å²) < 4.78 is 0. The Morgan fingerprint density at radius 2 is 1.71 bits per heavy atom. The number of nitrogens with zero attached hydrogens (tertiary/aromatic N) is 1. The fraction of sp³-hybridized carbons (Fsp3) is 0.0741. The molecule has 0 radical (unpaired) electrons. The van der Waals surface area contributed by atoms with Gasteiger partial charge in [-0.2, -0.15) is 0 Å². The molecule has 0 atom stereocenters. The summed E-state index contributed by atoms with van der Waals surface area (Å²) >= 11 is 0. The molecule has 4 rings (SSSR count). The maximum atomic E-state index is 4.73. The standard InChI is InChI=1S/C27H23N/c1-4-9-24(22-13-8-10-19(2)18-22)23-14-15-26-25(21-11-6-5-7-12-21)16-17-28-27(26)20(23)3/h4-18H,1H2,2-3H3/b24-9-. The highest BCUT2D eigenvalue weighted by Crippen LogP contribution is 2.34. The van der Waals surface area contributed by atoms with Gasteiger partial charge in [0.25, 0.3) is 0 Å². The molecule has 28 heavy (non-hydrogen) atoms. The second-order valence-corrected chi connectivity index (χ2v) is 7.04. The summed E-state index contributed by atoms with van der Waals surface area (Å²) in [6.45, 7) is 8.21. The quantitative estimate of drug-likeness (QED) is 0.352. The van der Waals surface area contributed by atoms with Crippen molar-refractivity contribution >= 4 is 16.5 Å². The molecular weight excluding hydrogens is 338 g/mol. The second-order valence-electron chi connectivity index (χ2n) is 7.04. The lowest BCUT2D eigenvalue weighted by molar-refractivity contribution is 1.34. The van der Waals surface area contributed by atoms with E-state index in [0.29, 0.717) is 0 Å². The van der Waals surface area contributed by atoms with Gasteiger partial charge < -0.3 is 0 Å². The first-order chi connectivity index (χ1) is 13.7. The van der Waals surface area contributed by atoms with E-state index in [1.807, 2.05) is 18.3 Å². The minimum Gasteiger partial charge on any atom is -0.256 e. The van der Waals surface area contributed by atoms with Crippen molar-refractivity contribution in [3.8, 4) is 11.1 Å². The third kappa shape index (κ3) is 3.27. The van der Waals surface area contributed by atoms with Crippen molar-refractivity contribution in [2.24, 2.45) is 0 Å². The van der Waals surface area contributed by atoms with Crippen LogP contribution in [-0.4, -0.2) is 4.98 Å². The molecule has 0 saturated heterocycles. The molecule has 0 bridgehead atoms. The molecule has 0 amide bonds. The number of allylic oxidation sites excluding steroid dienone is 2. The van der Waals surface area contributed by atoms with Crippen LogP contribution >= 0.6 is 0 Å². The van der Waals surface area contributed by atoms with Crippen molar-refractivity contribution < 1.29 is 0 Å². The van der Waals surface area contributed by atoms with Crippen LogP contribution in [0.4, 0.5) is 0 Å². The molecule has 0 N–H and O–H groups in total. The van der Waals surface area contributed by atoms with E-state index in [9.17, 15) is 0 Å². The molecule has 0 aliphatic heterocycles. The third-order valence-electron chi connectivity index (χ3n) is 5.15. The summed E-state index contributed by atoms with van der Waals surface area (Å²) in [5.74, 6) is 0. The van der Waals surface area contributed by atoms with Crippen LogP contribution in [0.5, 0.6) is 0 Å². The van der Waals surface area contributed by atoms with Gasteiger partial charge in [0.1, 0.15) is 0 Å². The Balaban J connectivity index is 1.93. The lowest BCUT2D eigenvalue weighted by Crippen LogP contribution is -1.96. The summed E-state index contributed by atoms with van der Waals surface area (Å²) in [6.07, 6.45) is 5.85. The largest absolute Gasteiger partial charge is 0.256 e. The number of rotatable bonds is 4. The van der Waals surface area contributed by atoms with Crippen molar-refractivity contribution in [3.05, 3.63) is 120 Å². The molecule has 4 aromatic rings. The second kappa shape index (κ2) is 7.66. The number of fused-ring (bicyclic) bond motifs is 1. The number of aromatic nitrogens is 1. The molecule has 1 heterocycles. The first-order valence-electron chi connectivity index (χ1n) is 9.53. The van der Waals surface area contributed by atoms with Gasteiger partial charge in [-0.05, 0) is 53.3 Å². The van der Waals surface area contributed by atoms with Gasteiger partial charge in [0.2, 0.25) is 0 Å². The topological polar surface area (TPSA) is 12.9 Å². The summed E-state index contributed by atoms with van der Waals surface area (Å²) in [6, 6.07) is 25.6. The summed E-state index contributed by atoms with van der Waals surface area (Å²) in [4.78, 5) is 4.73. The molecule has 0 aliphatic rings. The van der Waals surface area contributed by atoms with E-state index >= 15 is 0 Å². The molecule has 136 valence electrons. The van der Waals surface area contributed by atoms with E-state index in [0.717, 1.165) is 5.52 Å². The zero-order valence-electron chi connectivity index (χ0n) is 16.3. The van der Waals surface area contributed by atoms with Crippen LogP contribution in [0.25, 0.3) is 27.6 Å². The average molecular weight is 361 g/mol. The molecule has 3 aromatic carbocycles. The van der Waals surface area contributed by atoms with E-state index in [4.69, 9.17) is 4.98 Å². The Morgan fingerprint density at radius 3 is 2.46 bits per heavy atom. The molecule has 1 aromatic heterocycles. The normalized spacial score (nSPS) is 11.6. The minimum atomic E-state index is 1.04. The Bertz CT molecular complexity index is 1180.